The largest absolute Gasteiger partial charge is 0.680 e. The average Bonchev–Trinajstić information content (AvgIpc) is 1.46. The molecule has 0 aliphatic heterocycles. The van der Waals surface area contributed by atoms with E-state index >= 15 is 0 Å². The molecule has 1 radical (unpaired) electrons. The van der Waals surface area contributed by atoms with Gasteiger partial charge in [0.15, 0.2) is 0 Å². The molecule has 0 heterocycles. The van der Waals surface area contributed by atoms with E-state index in [2.05, 4.69) is 0 Å². The Kier molecular flexibility index (Phi) is 546. The molecule has 1 N–H and O–H groups in total. The van der Waals surface area contributed by atoms with E-state index in [1.807, 2.05) is 0 Å². The Hall–Kier alpha value is 0.734. The maximum absolute atomic E-state index is 8.68. The van der Waals surface area contributed by atoms with Crippen LogP contribution in [0.25, 0.3) is 5.73 Å². The van der Waals surface area contributed by atoms with Gasteiger partial charge in [-0.05, 0) is 0 Å². The Balaban J connectivity index is -0.00000000567. The van der Waals surface area contributed by atoms with Gasteiger partial charge >= 0.3 is 0 Å². The molecule has 0 fully saturated rings. The molecule has 3 heteroatoms. The first-order valence-corrected chi connectivity index (χ1v) is 1.20. The minimum absolute atomic E-state index is 0. The fourth-order valence-electron chi connectivity index (χ4n) is 0. The summed E-state index contributed by atoms with van der Waals surface area (Å²) in [6.45, 7) is 1.32. The summed E-state index contributed by atoms with van der Waals surface area (Å²) >= 11 is 0. The molecule has 2 nitrogen and oxygen atoms in total. The summed E-state index contributed by atoms with van der Waals surface area (Å²) in [5.74, 6) is 0. The first-order chi connectivity index (χ1) is 2.41. The van der Waals surface area contributed by atoms with E-state index in [-0.39, 0.29) is 47.6 Å². The molecule has 8 heavy (non-hydrogen) atoms. The van der Waals surface area contributed by atoms with Crippen molar-refractivity contribution in [1.29, 1.82) is 0 Å². The van der Waals surface area contributed by atoms with E-state index in [1.165, 1.54) is 20.3 Å². The molecule has 0 saturated heterocycles. The number of hydrogen-bond donors (Lipinski definition) is 0. The summed E-state index contributed by atoms with van der Waals surface area (Å²) in [4.78, 5) is 8.68. The van der Waals surface area contributed by atoms with Crippen molar-refractivity contribution in [2.45, 2.75) is 21.8 Å². The van der Waals surface area contributed by atoms with Crippen molar-refractivity contribution < 1.29 is 37.5 Å². The molecule has 0 bridgehead atoms. The number of rotatable bonds is 0. The minimum atomic E-state index is 0. The third kappa shape index (κ3) is 411. The van der Waals surface area contributed by atoms with Gasteiger partial charge in [-0.1, -0.05) is 14.9 Å². The Labute approximate surface area is 78.1 Å². The van der Waals surface area contributed by atoms with Crippen LogP contribution in [0.4, 0.5) is 0 Å². The molecule has 0 saturated carbocycles. The zero-order valence-corrected chi connectivity index (χ0v) is 6.82. The van der Waals surface area contributed by atoms with E-state index in [0.29, 0.717) is 0 Å². The number of carbonyl (C=O) groups excluding carboxylic acids is 1. The first-order valence-electron chi connectivity index (χ1n) is 1.20. The Morgan fingerprint density at radius 1 is 1.25 bits per heavy atom. The van der Waals surface area contributed by atoms with Crippen LogP contribution in [0.15, 0.2) is 0 Å². The van der Waals surface area contributed by atoms with Gasteiger partial charge in [-0.15, -0.1) is 0 Å². The van der Waals surface area contributed by atoms with E-state index < -0.39 is 0 Å². The molecule has 0 unspecified atom stereocenters. The quantitative estimate of drug-likeness (QED) is 0.544. The third-order valence-corrected chi connectivity index (χ3v) is 0. The predicted molar refractivity (Wildman–Crippen MR) is 35.1 cm³/mol. The van der Waals surface area contributed by atoms with Gasteiger partial charge in [0, 0.05) is 32.7 Å². The molecule has 0 spiro atoms. The van der Waals surface area contributed by atoms with Crippen molar-refractivity contribution >= 4 is 6.29 Å². The molecule has 0 atom stereocenters. The first kappa shape index (κ1) is 37.5. The van der Waals surface area contributed by atoms with E-state index in [1.54, 1.807) is 0 Å². The fraction of sp³-hybridized carbons (Fsp3) is 0.800. The molecule has 0 aromatic carbocycles. The van der Waals surface area contributed by atoms with Gasteiger partial charge in [0.2, 0.25) is 0 Å². The molecule has 0 amide bonds. The normalized spacial score (nSPS) is 2.38. The summed E-state index contributed by atoms with van der Waals surface area (Å²) in [6.07, 6.45) is 1.50. The molecule has 0 rings (SSSR count). The van der Waals surface area contributed by atoms with Crippen molar-refractivity contribution in [2.24, 2.45) is 0 Å². The van der Waals surface area contributed by atoms with Crippen LogP contribution in [0, 0.1) is 0 Å². The van der Waals surface area contributed by atoms with Gasteiger partial charge in [0.1, 0.15) is 0 Å². The van der Waals surface area contributed by atoms with Crippen LogP contribution in [-0.2, 0) is 37.5 Å². The van der Waals surface area contributed by atoms with Crippen LogP contribution < -0.4 is 0 Å². The van der Waals surface area contributed by atoms with Gasteiger partial charge < -0.3 is 10.5 Å². The zero-order chi connectivity index (χ0) is 4.71. The summed E-state index contributed by atoms with van der Waals surface area (Å²) in [5, 5.41) is 0. The van der Waals surface area contributed by atoms with Crippen molar-refractivity contribution in [1.82, 2.24) is 0 Å². The summed E-state index contributed by atoms with van der Waals surface area (Å²) in [5.41, 5.74) is 5.75. The molecular formula is C5H15NOY-2. The summed E-state index contributed by atoms with van der Waals surface area (Å²) in [6, 6.07) is 0. The summed E-state index contributed by atoms with van der Waals surface area (Å²) < 4.78 is 0. The van der Waals surface area contributed by atoms with Gasteiger partial charge in [-0.2, -0.15) is 14.0 Å². The molecular weight excluding hydrogens is 179 g/mol. The van der Waals surface area contributed by atoms with Crippen LogP contribution >= 0.6 is 0 Å². The van der Waals surface area contributed by atoms with E-state index in [9.17, 15) is 0 Å². The van der Waals surface area contributed by atoms with Crippen molar-refractivity contribution in [3.8, 4) is 0 Å². The Morgan fingerprint density at radius 3 is 1.25 bits per heavy atom. The maximum atomic E-state index is 8.68. The second-order valence-electron chi connectivity index (χ2n) is 0.204. The number of nitrogens with one attached hydrogen (secondary N) is 1. The maximum Gasteiger partial charge on any atom is 0 e. The topological polar surface area (TPSA) is 40.9 Å². The summed E-state index contributed by atoms with van der Waals surface area (Å²) in [7, 11) is 1.25. The molecule has 51 valence electrons. The second kappa shape index (κ2) is 117. The standard InChI is InChI=1S/C2H3O.CH4N.2CH4.Y/c1-2-3;1-2;;;/h1H3;2H,1H3;2*1H4;/q2*-1;;;. The van der Waals surface area contributed by atoms with Crippen LogP contribution in [-0.4, -0.2) is 13.3 Å². The second-order valence-corrected chi connectivity index (χ2v) is 0.204. The molecule has 0 aromatic rings. The molecule has 0 aliphatic carbocycles. The third-order valence-electron chi connectivity index (χ3n) is 0. The average molecular weight is 194 g/mol. The van der Waals surface area contributed by atoms with Gasteiger partial charge in [0.05, 0.1) is 0 Å². The van der Waals surface area contributed by atoms with Crippen LogP contribution in [0.5, 0.6) is 0 Å². The molecule has 0 aliphatic rings. The minimum Gasteiger partial charge on any atom is -0.680 e. The Morgan fingerprint density at radius 2 is 1.25 bits per heavy atom. The zero-order valence-electron chi connectivity index (χ0n) is 3.99. The Bertz CT molecular complexity index is 19.9. The smallest absolute Gasteiger partial charge is 0 e. The van der Waals surface area contributed by atoms with Gasteiger partial charge in [0.25, 0.3) is 0 Å². The van der Waals surface area contributed by atoms with Crippen molar-refractivity contribution in [3.63, 3.8) is 0 Å². The van der Waals surface area contributed by atoms with Crippen LogP contribution in [0.1, 0.15) is 21.8 Å². The van der Waals surface area contributed by atoms with Crippen LogP contribution in [0.3, 0.4) is 0 Å². The number of hydrogen-bond acceptors (Lipinski definition) is 1. The van der Waals surface area contributed by atoms with E-state index in [0.717, 1.165) is 0 Å². The SMILES string of the molecule is C.C.C[C-]=O.C[NH-].[Y]. The van der Waals surface area contributed by atoms with Gasteiger partial charge in [-0.3, -0.25) is 6.29 Å². The monoisotopic (exact) mass is 194 g/mol. The van der Waals surface area contributed by atoms with Crippen LogP contribution in [0.2, 0.25) is 0 Å². The van der Waals surface area contributed by atoms with Crippen molar-refractivity contribution in [2.75, 3.05) is 7.05 Å². The van der Waals surface area contributed by atoms with Gasteiger partial charge in [-0.25, -0.2) is 0 Å². The van der Waals surface area contributed by atoms with Crippen molar-refractivity contribution in [3.05, 3.63) is 5.73 Å². The fourth-order valence-corrected chi connectivity index (χ4v) is 0. The van der Waals surface area contributed by atoms with E-state index in [4.69, 9.17) is 10.5 Å². The predicted octanol–water partition coefficient (Wildman–Crippen LogP) is 2.05. The molecule has 0 aromatic heterocycles.